The highest BCUT2D eigenvalue weighted by atomic mass is 35.5. The summed E-state index contributed by atoms with van der Waals surface area (Å²) >= 11 is 5.38. The highest BCUT2D eigenvalue weighted by molar-refractivity contribution is 6.25. The molecular weight excluding hydrogens is 172 g/mol. The van der Waals surface area contributed by atoms with E-state index in [0.29, 0.717) is 0 Å². The lowest BCUT2D eigenvalue weighted by atomic mass is 10.0. The van der Waals surface area contributed by atoms with Gasteiger partial charge in [0, 0.05) is 24.2 Å². The van der Waals surface area contributed by atoms with Gasteiger partial charge in [-0.2, -0.15) is 0 Å². The van der Waals surface area contributed by atoms with Gasteiger partial charge in [0.25, 0.3) is 0 Å². The van der Waals surface area contributed by atoms with Gasteiger partial charge >= 0.3 is 0 Å². The van der Waals surface area contributed by atoms with E-state index >= 15 is 0 Å². The molecule has 0 aliphatic heterocycles. The smallest absolute Gasteiger partial charge is 0.0271 e. The molecule has 0 fully saturated rings. The number of nitrogens with one attached hydrogen (secondary N) is 1. The van der Waals surface area contributed by atoms with E-state index in [4.69, 9.17) is 11.6 Å². The zero-order chi connectivity index (χ0) is 9.61. The van der Waals surface area contributed by atoms with E-state index in [0.717, 1.165) is 13.1 Å². The molecule has 1 N–H and O–H groups in total. The molecule has 0 aliphatic rings. The fourth-order valence-electron chi connectivity index (χ4n) is 0.664. The number of nitrogens with zero attached hydrogens (tertiary/aromatic N) is 1. The Bertz CT molecular complexity index is 141. The maximum Gasteiger partial charge on any atom is 0.0271 e. The van der Waals surface area contributed by atoms with Crippen LogP contribution in [-0.4, -0.2) is 37.6 Å². The molecule has 0 aliphatic carbocycles. The summed E-state index contributed by atoms with van der Waals surface area (Å²) in [4.78, 5) is 2.20. The lowest BCUT2D eigenvalue weighted by Crippen LogP contribution is -2.46. The minimum atomic E-state index is 0.195. The molecule has 0 bridgehead atoms. The van der Waals surface area contributed by atoms with Crippen molar-refractivity contribution in [1.82, 2.24) is 10.2 Å². The Labute approximate surface area is 80.6 Å². The first-order valence-corrected chi connectivity index (χ1v) is 4.57. The van der Waals surface area contributed by atoms with Crippen molar-refractivity contribution in [3.8, 4) is 0 Å². The van der Waals surface area contributed by atoms with Crippen LogP contribution in [0.5, 0.6) is 0 Å². The molecule has 0 spiro atoms. The lowest BCUT2D eigenvalue weighted by Gasteiger charge is -2.32. The van der Waals surface area contributed by atoms with Crippen LogP contribution in [0.3, 0.4) is 0 Å². The molecule has 3 heteroatoms. The zero-order valence-corrected chi connectivity index (χ0v) is 9.15. The van der Waals surface area contributed by atoms with Crippen molar-refractivity contribution < 1.29 is 0 Å². The Morgan fingerprint density at radius 3 is 2.42 bits per heavy atom. The lowest BCUT2D eigenvalue weighted by molar-refractivity contribution is 0.192. The molecule has 0 aromatic carbocycles. The van der Waals surface area contributed by atoms with Gasteiger partial charge < -0.3 is 10.2 Å². The molecule has 0 heterocycles. The molecule has 0 rings (SSSR count). The van der Waals surface area contributed by atoms with Crippen LogP contribution in [-0.2, 0) is 0 Å². The van der Waals surface area contributed by atoms with E-state index in [2.05, 4.69) is 38.2 Å². The second-order valence-corrected chi connectivity index (χ2v) is 3.95. The molecule has 12 heavy (non-hydrogen) atoms. The van der Waals surface area contributed by atoms with Gasteiger partial charge in [0.05, 0.1) is 0 Å². The monoisotopic (exact) mass is 190 g/mol. The van der Waals surface area contributed by atoms with E-state index in [1.165, 1.54) is 5.54 Å². The summed E-state index contributed by atoms with van der Waals surface area (Å²) in [5, 5.41) is 3.30. The second kappa shape index (κ2) is 5.57. The summed E-state index contributed by atoms with van der Waals surface area (Å²) in [7, 11) is 4.16. The quantitative estimate of drug-likeness (QED) is 0.664. The van der Waals surface area contributed by atoms with Crippen LogP contribution < -0.4 is 5.32 Å². The second-order valence-electron chi connectivity index (χ2n) is 3.70. The molecular formula is C9H19ClN2. The molecule has 0 amide bonds. The third kappa shape index (κ3) is 4.75. The molecule has 0 atom stereocenters. The molecule has 0 aromatic rings. The topological polar surface area (TPSA) is 15.3 Å². The Hall–Kier alpha value is -0.0500. The van der Waals surface area contributed by atoms with E-state index < -0.39 is 0 Å². The SMILES string of the molecule is CN(C)C(C)(C)CNC/C=C/Cl. The molecule has 0 saturated heterocycles. The largest absolute Gasteiger partial charge is 0.311 e. The normalized spacial score (nSPS) is 13.2. The maximum absolute atomic E-state index is 5.38. The fourth-order valence-corrected chi connectivity index (χ4v) is 0.753. The molecule has 0 unspecified atom stereocenters. The molecule has 0 radical (unpaired) electrons. The maximum atomic E-state index is 5.38. The third-order valence-electron chi connectivity index (χ3n) is 2.12. The summed E-state index contributed by atoms with van der Waals surface area (Å²) in [6.07, 6.45) is 1.90. The summed E-state index contributed by atoms with van der Waals surface area (Å²) < 4.78 is 0. The van der Waals surface area contributed by atoms with Crippen LogP contribution >= 0.6 is 11.6 Å². The van der Waals surface area contributed by atoms with Crippen LogP contribution in [0, 0.1) is 0 Å². The summed E-state index contributed by atoms with van der Waals surface area (Å²) in [6, 6.07) is 0. The van der Waals surface area contributed by atoms with Crippen molar-refractivity contribution in [3.05, 3.63) is 11.6 Å². The highest BCUT2D eigenvalue weighted by Gasteiger charge is 2.18. The number of halogens is 1. The average molecular weight is 191 g/mol. The number of hydrogen-bond donors (Lipinski definition) is 1. The van der Waals surface area contributed by atoms with Crippen LogP contribution in [0.4, 0.5) is 0 Å². The summed E-state index contributed by atoms with van der Waals surface area (Å²) in [5.74, 6) is 0. The summed E-state index contributed by atoms with van der Waals surface area (Å²) in [6.45, 7) is 6.19. The van der Waals surface area contributed by atoms with Gasteiger partial charge in [-0.05, 0) is 27.9 Å². The molecule has 0 aromatic heterocycles. The van der Waals surface area contributed by atoms with Crippen molar-refractivity contribution in [2.75, 3.05) is 27.2 Å². The van der Waals surface area contributed by atoms with Crippen molar-refractivity contribution >= 4 is 11.6 Å². The van der Waals surface area contributed by atoms with E-state index in [1.54, 1.807) is 0 Å². The average Bonchev–Trinajstić information content (AvgIpc) is 1.98. The molecule has 0 saturated carbocycles. The predicted molar refractivity (Wildman–Crippen MR) is 55.6 cm³/mol. The first kappa shape index (κ1) is 11.9. The molecule has 72 valence electrons. The standard InChI is InChI=1S/C9H19ClN2/c1-9(2,12(3)4)8-11-7-5-6-10/h5-6,11H,7-8H2,1-4H3/b6-5+. The van der Waals surface area contributed by atoms with Gasteiger partial charge in [-0.1, -0.05) is 17.7 Å². The van der Waals surface area contributed by atoms with Crippen molar-refractivity contribution in [2.24, 2.45) is 0 Å². The third-order valence-corrected chi connectivity index (χ3v) is 2.30. The van der Waals surface area contributed by atoms with Gasteiger partial charge in [0.1, 0.15) is 0 Å². The van der Waals surface area contributed by atoms with Crippen molar-refractivity contribution in [3.63, 3.8) is 0 Å². The first-order chi connectivity index (χ1) is 5.50. The van der Waals surface area contributed by atoms with Gasteiger partial charge in [-0.3, -0.25) is 0 Å². The number of likely N-dealkylation sites (N-methyl/N-ethyl adjacent to an activating group) is 1. The summed E-state index contributed by atoms with van der Waals surface area (Å²) in [5.41, 5.74) is 1.73. The Morgan fingerprint density at radius 1 is 1.42 bits per heavy atom. The van der Waals surface area contributed by atoms with Crippen molar-refractivity contribution in [1.29, 1.82) is 0 Å². The Kier molecular flexibility index (Phi) is 5.55. The Morgan fingerprint density at radius 2 is 2.00 bits per heavy atom. The fraction of sp³-hybridized carbons (Fsp3) is 0.778. The van der Waals surface area contributed by atoms with Gasteiger partial charge in [-0.25, -0.2) is 0 Å². The van der Waals surface area contributed by atoms with Crippen LogP contribution in [0.2, 0.25) is 0 Å². The first-order valence-electron chi connectivity index (χ1n) is 4.14. The van der Waals surface area contributed by atoms with E-state index in [-0.39, 0.29) is 5.54 Å². The van der Waals surface area contributed by atoms with Crippen LogP contribution in [0.1, 0.15) is 13.8 Å². The van der Waals surface area contributed by atoms with E-state index in [1.807, 2.05) is 6.08 Å². The zero-order valence-electron chi connectivity index (χ0n) is 8.39. The van der Waals surface area contributed by atoms with Gasteiger partial charge in [0.15, 0.2) is 0 Å². The van der Waals surface area contributed by atoms with Crippen molar-refractivity contribution in [2.45, 2.75) is 19.4 Å². The van der Waals surface area contributed by atoms with Gasteiger partial charge in [0.2, 0.25) is 0 Å². The highest BCUT2D eigenvalue weighted by Crippen LogP contribution is 2.07. The predicted octanol–water partition coefficient (Wildman–Crippen LogP) is 1.67. The molecule has 2 nitrogen and oxygen atoms in total. The minimum absolute atomic E-state index is 0.195. The van der Waals surface area contributed by atoms with E-state index in [9.17, 15) is 0 Å². The minimum Gasteiger partial charge on any atom is -0.311 e. The Balaban J connectivity index is 3.61. The van der Waals surface area contributed by atoms with Crippen LogP contribution in [0.25, 0.3) is 0 Å². The number of rotatable bonds is 5. The van der Waals surface area contributed by atoms with Gasteiger partial charge in [-0.15, -0.1) is 0 Å². The van der Waals surface area contributed by atoms with Crippen LogP contribution in [0.15, 0.2) is 11.6 Å². The number of hydrogen-bond acceptors (Lipinski definition) is 2.